The molecular weight excluding hydrogens is 235 g/mol. The number of alkyl halides is 5. The van der Waals surface area contributed by atoms with Crippen molar-refractivity contribution in [1.82, 2.24) is 0 Å². The molecule has 0 amide bonds. The van der Waals surface area contributed by atoms with Gasteiger partial charge < -0.3 is 9.47 Å². The first-order valence-corrected chi connectivity index (χ1v) is 4.06. The smallest absolute Gasteiger partial charge is 0.493 e. The molecule has 0 aliphatic rings. The Kier molecular flexibility index (Phi) is 3.56. The molecule has 0 N–H and O–H groups in total. The summed E-state index contributed by atoms with van der Waals surface area (Å²) < 4.78 is 68.8. The maximum Gasteiger partial charge on any atom is 0.573 e. The third-order valence-electron chi connectivity index (χ3n) is 1.68. The molecule has 0 aliphatic carbocycles. The Morgan fingerprint density at radius 3 is 2.25 bits per heavy atom. The van der Waals surface area contributed by atoms with E-state index in [1.807, 2.05) is 0 Å². The summed E-state index contributed by atoms with van der Waals surface area (Å²) in [6.07, 6.45) is -8.12. The SMILES string of the molecule is COc1cccc(C(F)F)c1OC(F)(F)F. The fraction of sp³-hybridized carbons (Fsp3) is 0.333. The van der Waals surface area contributed by atoms with Gasteiger partial charge in [0, 0.05) is 0 Å². The van der Waals surface area contributed by atoms with Gasteiger partial charge in [0.05, 0.1) is 12.7 Å². The van der Waals surface area contributed by atoms with Crippen LogP contribution in [-0.4, -0.2) is 13.5 Å². The van der Waals surface area contributed by atoms with Gasteiger partial charge in [-0.3, -0.25) is 0 Å². The van der Waals surface area contributed by atoms with Gasteiger partial charge in [0.15, 0.2) is 11.5 Å². The monoisotopic (exact) mass is 242 g/mol. The predicted octanol–water partition coefficient (Wildman–Crippen LogP) is 3.53. The molecule has 0 bridgehead atoms. The number of halogens is 5. The summed E-state index contributed by atoms with van der Waals surface area (Å²) in [6, 6.07) is 3.10. The van der Waals surface area contributed by atoms with Gasteiger partial charge in [-0.2, -0.15) is 0 Å². The molecule has 0 fully saturated rings. The normalized spacial score (nSPS) is 11.7. The van der Waals surface area contributed by atoms with Gasteiger partial charge in [0.2, 0.25) is 0 Å². The topological polar surface area (TPSA) is 18.5 Å². The van der Waals surface area contributed by atoms with Crippen LogP contribution in [0.2, 0.25) is 0 Å². The second-order valence-corrected chi connectivity index (χ2v) is 2.73. The van der Waals surface area contributed by atoms with E-state index < -0.39 is 29.9 Å². The van der Waals surface area contributed by atoms with E-state index >= 15 is 0 Å². The average Bonchev–Trinajstić information content (AvgIpc) is 2.15. The molecule has 0 radical (unpaired) electrons. The fourth-order valence-corrected chi connectivity index (χ4v) is 1.09. The molecular formula is C9H7F5O2. The molecule has 0 heterocycles. The lowest BCUT2D eigenvalue weighted by Gasteiger charge is -2.15. The van der Waals surface area contributed by atoms with Crippen LogP contribution < -0.4 is 9.47 Å². The maximum absolute atomic E-state index is 12.4. The van der Waals surface area contributed by atoms with Crippen LogP contribution in [-0.2, 0) is 0 Å². The number of ether oxygens (including phenoxy) is 2. The molecule has 1 aromatic rings. The molecule has 0 atom stereocenters. The summed E-state index contributed by atoms with van der Waals surface area (Å²) in [5, 5.41) is 0. The van der Waals surface area contributed by atoms with Crippen molar-refractivity contribution in [2.75, 3.05) is 7.11 Å². The van der Waals surface area contributed by atoms with Crippen LogP contribution >= 0.6 is 0 Å². The van der Waals surface area contributed by atoms with Crippen molar-refractivity contribution in [3.05, 3.63) is 23.8 Å². The Morgan fingerprint density at radius 1 is 1.19 bits per heavy atom. The van der Waals surface area contributed by atoms with Crippen molar-refractivity contribution in [2.45, 2.75) is 12.8 Å². The third-order valence-corrected chi connectivity index (χ3v) is 1.68. The van der Waals surface area contributed by atoms with Crippen LogP contribution in [0.4, 0.5) is 22.0 Å². The largest absolute Gasteiger partial charge is 0.573 e. The van der Waals surface area contributed by atoms with Crippen molar-refractivity contribution in [1.29, 1.82) is 0 Å². The van der Waals surface area contributed by atoms with Crippen LogP contribution in [0.25, 0.3) is 0 Å². The number of hydrogen-bond acceptors (Lipinski definition) is 2. The van der Waals surface area contributed by atoms with E-state index in [0.29, 0.717) is 0 Å². The number of hydrogen-bond donors (Lipinski definition) is 0. The zero-order chi connectivity index (χ0) is 12.3. The van der Waals surface area contributed by atoms with Crippen LogP contribution in [0.15, 0.2) is 18.2 Å². The standard InChI is InChI=1S/C9H7F5O2/c1-15-6-4-2-3-5(8(10)11)7(6)16-9(12,13)14/h2-4,8H,1H3. The highest BCUT2D eigenvalue weighted by molar-refractivity contribution is 5.47. The highest BCUT2D eigenvalue weighted by atomic mass is 19.4. The fourth-order valence-electron chi connectivity index (χ4n) is 1.09. The van der Waals surface area contributed by atoms with Crippen molar-refractivity contribution < 1.29 is 31.4 Å². The Balaban J connectivity index is 3.20. The van der Waals surface area contributed by atoms with Gasteiger partial charge in [-0.05, 0) is 12.1 Å². The molecule has 2 nitrogen and oxygen atoms in total. The summed E-state index contributed by atoms with van der Waals surface area (Å²) in [7, 11) is 1.06. The second-order valence-electron chi connectivity index (χ2n) is 2.73. The minimum Gasteiger partial charge on any atom is -0.493 e. The van der Waals surface area contributed by atoms with Crippen molar-refractivity contribution in [2.24, 2.45) is 0 Å². The zero-order valence-electron chi connectivity index (χ0n) is 8.02. The Labute approximate surface area is 87.6 Å². The predicted molar refractivity (Wildman–Crippen MR) is 44.6 cm³/mol. The van der Waals surface area contributed by atoms with Crippen LogP contribution in [0.1, 0.15) is 12.0 Å². The molecule has 1 rings (SSSR count). The van der Waals surface area contributed by atoms with Crippen molar-refractivity contribution in [3.8, 4) is 11.5 Å². The molecule has 0 aliphatic heterocycles. The maximum atomic E-state index is 12.4. The van der Waals surface area contributed by atoms with E-state index in [9.17, 15) is 22.0 Å². The Morgan fingerprint density at radius 2 is 1.81 bits per heavy atom. The lowest BCUT2D eigenvalue weighted by Crippen LogP contribution is -2.18. The first-order valence-electron chi connectivity index (χ1n) is 4.06. The van der Waals surface area contributed by atoms with Gasteiger partial charge in [-0.25, -0.2) is 8.78 Å². The summed E-state index contributed by atoms with van der Waals surface area (Å²) in [4.78, 5) is 0. The summed E-state index contributed by atoms with van der Waals surface area (Å²) in [5.74, 6) is -1.40. The summed E-state index contributed by atoms with van der Waals surface area (Å²) >= 11 is 0. The van der Waals surface area contributed by atoms with Gasteiger partial charge in [-0.1, -0.05) is 6.07 Å². The number of para-hydroxylation sites is 1. The molecule has 7 heteroatoms. The lowest BCUT2D eigenvalue weighted by atomic mass is 10.2. The number of benzene rings is 1. The summed E-state index contributed by atoms with van der Waals surface area (Å²) in [5.41, 5.74) is -0.864. The van der Waals surface area contributed by atoms with Gasteiger partial charge in [0.25, 0.3) is 6.43 Å². The summed E-state index contributed by atoms with van der Waals surface area (Å²) in [6.45, 7) is 0. The van der Waals surface area contributed by atoms with E-state index in [4.69, 9.17) is 0 Å². The van der Waals surface area contributed by atoms with Crippen LogP contribution in [0.3, 0.4) is 0 Å². The van der Waals surface area contributed by atoms with E-state index in [1.165, 1.54) is 0 Å². The molecule has 0 saturated carbocycles. The zero-order valence-corrected chi connectivity index (χ0v) is 8.02. The lowest BCUT2D eigenvalue weighted by molar-refractivity contribution is -0.275. The molecule has 0 aromatic heterocycles. The van der Waals surface area contributed by atoms with E-state index in [1.54, 1.807) is 0 Å². The van der Waals surface area contributed by atoms with Crippen LogP contribution in [0, 0.1) is 0 Å². The molecule has 0 unspecified atom stereocenters. The molecule has 0 spiro atoms. The first kappa shape index (κ1) is 12.5. The van der Waals surface area contributed by atoms with E-state index in [-0.39, 0.29) is 0 Å². The first-order chi connectivity index (χ1) is 7.35. The quantitative estimate of drug-likeness (QED) is 0.755. The minimum atomic E-state index is -5.04. The van der Waals surface area contributed by atoms with Crippen LogP contribution in [0.5, 0.6) is 11.5 Å². The Hall–Kier alpha value is -1.53. The third kappa shape index (κ3) is 2.98. The average molecular weight is 242 g/mol. The number of rotatable bonds is 3. The van der Waals surface area contributed by atoms with Crippen molar-refractivity contribution >= 4 is 0 Å². The molecule has 16 heavy (non-hydrogen) atoms. The highest BCUT2D eigenvalue weighted by Crippen LogP contribution is 2.39. The Bertz CT molecular complexity index is 361. The second kappa shape index (κ2) is 4.54. The van der Waals surface area contributed by atoms with E-state index in [0.717, 1.165) is 25.3 Å². The molecule has 0 saturated heterocycles. The highest BCUT2D eigenvalue weighted by Gasteiger charge is 2.34. The van der Waals surface area contributed by atoms with E-state index in [2.05, 4.69) is 9.47 Å². The van der Waals surface area contributed by atoms with Gasteiger partial charge in [-0.15, -0.1) is 13.2 Å². The number of methoxy groups -OCH3 is 1. The van der Waals surface area contributed by atoms with Gasteiger partial charge in [0.1, 0.15) is 0 Å². The molecule has 1 aromatic carbocycles. The molecule has 90 valence electrons. The van der Waals surface area contributed by atoms with Gasteiger partial charge >= 0.3 is 6.36 Å². The van der Waals surface area contributed by atoms with Crippen molar-refractivity contribution in [3.63, 3.8) is 0 Å². The minimum absolute atomic E-state index is 0.393.